The van der Waals surface area contributed by atoms with Gasteiger partial charge in [-0.3, -0.25) is 4.40 Å². The van der Waals surface area contributed by atoms with Gasteiger partial charge in [-0.2, -0.15) is 4.68 Å². The van der Waals surface area contributed by atoms with Crippen molar-refractivity contribution in [2.75, 3.05) is 13.7 Å². The van der Waals surface area contributed by atoms with E-state index in [0.29, 0.717) is 23.8 Å². The van der Waals surface area contributed by atoms with Crippen LogP contribution in [-0.2, 0) is 13.2 Å². The van der Waals surface area contributed by atoms with E-state index < -0.39 is 0 Å². The fraction of sp³-hybridized carbons (Fsp3) is 0.389. The van der Waals surface area contributed by atoms with Crippen LogP contribution in [-0.4, -0.2) is 32.8 Å². The molecule has 1 N–H and O–H groups in total. The summed E-state index contributed by atoms with van der Waals surface area (Å²) in [5, 5.41) is 4.58. The second-order valence-electron chi connectivity index (χ2n) is 6.33. The number of aromatic nitrogens is 4. The zero-order valence-corrected chi connectivity index (χ0v) is 15.9. The maximum atomic E-state index is 5.58. The average molecular weight is 358 g/mol. The third-order valence-corrected chi connectivity index (χ3v) is 4.42. The summed E-state index contributed by atoms with van der Waals surface area (Å²) in [5.74, 6) is 1.57. The fourth-order valence-electron chi connectivity index (χ4n) is 2.97. The van der Waals surface area contributed by atoms with Crippen molar-refractivity contribution in [2.45, 2.75) is 34.0 Å². The van der Waals surface area contributed by atoms with Crippen LogP contribution in [0, 0.1) is 18.6 Å². The van der Waals surface area contributed by atoms with Crippen LogP contribution in [0.1, 0.15) is 23.9 Å². The number of hydrogen-bond acceptors (Lipinski definition) is 4. The van der Waals surface area contributed by atoms with E-state index in [1.54, 1.807) is 0 Å². The van der Waals surface area contributed by atoms with E-state index in [2.05, 4.69) is 29.3 Å². The lowest BCUT2D eigenvalue weighted by molar-refractivity contribution is -0.917. The molecule has 0 aliphatic carbocycles. The van der Waals surface area contributed by atoms with E-state index in [-0.39, 0.29) is 0 Å². The Morgan fingerprint density at radius 2 is 1.92 bits per heavy atom. The summed E-state index contributed by atoms with van der Waals surface area (Å²) in [6, 6.07) is 10.3. The van der Waals surface area contributed by atoms with Crippen molar-refractivity contribution < 1.29 is 9.64 Å². The van der Waals surface area contributed by atoms with E-state index in [1.165, 1.54) is 10.5 Å². The first kappa shape index (κ1) is 17.6. The van der Waals surface area contributed by atoms with Crippen LogP contribution >= 0.6 is 12.2 Å². The number of benzene rings is 1. The number of nitrogens with zero attached hydrogens (tertiary/aromatic N) is 4. The van der Waals surface area contributed by atoms with Gasteiger partial charge in [-0.1, -0.05) is 0 Å². The highest BCUT2D eigenvalue weighted by Gasteiger charge is 2.12. The highest BCUT2D eigenvalue weighted by atomic mass is 32.1. The SMILES string of the molecule is CCOc1ccc(C[NH+](C)Cn2nc3nc(C)cc(C)n3c2=S)cc1. The third-order valence-electron chi connectivity index (χ3n) is 4.03. The number of quaternary nitrogens is 1. The number of fused-ring (bicyclic) bond motifs is 1. The molecule has 6 nitrogen and oxygen atoms in total. The molecule has 0 aliphatic rings. The maximum Gasteiger partial charge on any atom is 0.254 e. The van der Waals surface area contributed by atoms with Crippen LogP contribution in [0.3, 0.4) is 0 Å². The molecule has 3 aromatic rings. The minimum absolute atomic E-state index is 0.663. The smallest absolute Gasteiger partial charge is 0.254 e. The van der Waals surface area contributed by atoms with E-state index in [0.717, 1.165) is 23.7 Å². The quantitative estimate of drug-likeness (QED) is 0.684. The molecule has 25 heavy (non-hydrogen) atoms. The summed E-state index contributed by atoms with van der Waals surface area (Å²) < 4.78 is 9.95. The van der Waals surface area contributed by atoms with Gasteiger partial charge in [-0.25, -0.2) is 4.98 Å². The van der Waals surface area contributed by atoms with Gasteiger partial charge in [0.1, 0.15) is 12.3 Å². The van der Waals surface area contributed by atoms with Crippen LogP contribution in [0.5, 0.6) is 5.75 Å². The molecule has 0 saturated heterocycles. The van der Waals surface area contributed by atoms with Gasteiger partial charge in [0.25, 0.3) is 5.78 Å². The molecule has 1 aromatic carbocycles. The largest absolute Gasteiger partial charge is 0.494 e. The number of hydrogen-bond donors (Lipinski definition) is 1. The molecule has 7 heteroatoms. The second-order valence-corrected chi connectivity index (χ2v) is 6.69. The van der Waals surface area contributed by atoms with Gasteiger partial charge in [-0.05, 0) is 63.3 Å². The van der Waals surface area contributed by atoms with Crippen molar-refractivity contribution >= 4 is 18.0 Å². The highest BCUT2D eigenvalue weighted by Crippen LogP contribution is 2.11. The second kappa shape index (κ2) is 7.33. The fourth-order valence-corrected chi connectivity index (χ4v) is 3.30. The van der Waals surface area contributed by atoms with Gasteiger partial charge in [0.15, 0.2) is 6.67 Å². The molecule has 1 atom stereocenters. The van der Waals surface area contributed by atoms with Gasteiger partial charge in [0.2, 0.25) is 4.77 Å². The Morgan fingerprint density at radius 3 is 2.60 bits per heavy atom. The summed E-state index contributed by atoms with van der Waals surface area (Å²) in [7, 11) is 2.13. The zero-order valence-electron chi connectivity index (χ0n) is 15.1. The summed E-state index contributed by atoms with van der Waals surface area (Å²) in [4.78, 5) is 5.77. The van der Waals surface area contributed by atoms with Crippen LogP contribution in [0.15, 0.2) is 30.3 Å². The molecular weight excluding hydrogens is 334 g/mol. The topological polar surface area (TPSA) is 48.8 Å². The predicted octanol–water partition coefficient (Wildman–Crippen LogP) is 1.95. The summed E-state index contributed by atoms with van der Waals surface area (Å²) in [6.45, 7) is 8.24. The van der Waals surface area contributed by atoms with Crippen LogP contribution in [0.2, 0.25) is 0 Å². The minimum Gasteiger partial charge on any atom is -0.494 e. The van der Waals surface area contributed by atoms with Crippen LogP contribution in [0.4, 0.5) is 0 Å². The molecule has 0 spiro atoms. The van der Waals surface area contributed by atoms with Gasteiger partial charge in [0.05, 0.1) is 13.7 Å². The molecule has 0 saturated carbocycles. The van der Waals surface area contributed by atoms with Gasteiger partial charge in [0, 0.05) is 17.0 Å². The molecule has 0 fully saturated rings. The zero-order chi connectivity index (χ0) is 18.0. The maximum absolute atomic E-state index is 5.58. The Labute approximate surface area is 152 Å². The van der Waals surface area contributed by atoms with E-state index in [9.17, 15) is 0 Å². The molecule has 2 aromatic heterocycles. The molecule has 0 bridgehead atoms. The molecule has 132 valence electrons. The number of nitrogens with one attached hydrogen (secondary N) is 1. The van der Waals surface area contributed by atoms with Crippen molar-refractivity contribution in [3.05, 3.63) is 52.1 Å². The molecular formula is C18H24N5OS+. The standard InChI is InChI=1S/C18H23N5OS/c1-5-24-16-8-6-15(7-9-16)11-21(4)12-22-18(25)23-14(3)10-13(2)19-17(23)20-22/h6-10H,5,11-12H2,1-4H3/p+1. The van der Waals surface area contributed by atoms with Gasteiger partial charge in [-0.15, -0.1) is 5.10 Å². The van der Waals surface area contributed by atoms with Crippen molar-refractivity contribution in [1.29, 1.82) is 0 Å². The van der Waals surface area contributed by atoms with E-state index in [4.69, 9.17) is 17.0 Å². The number of rotatable bonds is 6. The van der Waals surface area contributed by atoms with Gasteiger partial charge >= 0.3 is 0 Å². The Bertz CT molecular complexity index is 929. The lowest BCUT2D eigenvalue weighted by atomic mass is 10.2. The third kappa shape index (κ3) is 3.88. The van der Waals surface area contributed by atoms with E-state index >= 15 is 0 Å². The molecule has 0 aliphatic heterocycles. The molecule has 0 amide bonds. The molecule has 3 rings (SSSR count). The lowest BCUT2D eigenvalue weighted by Gasteiger charge is -2.14. The predicted molar refractivity (Wildman–Crippen MR) is 99.5 cm³/mol. The monoisotopic (exact) mass is 358 g/mol. The Balaban J connectivity index is 1.75. The van der Waals surface area contributed by atoms with Crippen LogP contribution < -0.4 is 9.64 Å². The summed E-state index contributed by atoms with van der Waals surface area (Å²) in [5.41, 5.74) is 3.26. The van der Waals surface area contributed by atoms with Crippen molar-refractivity contribution in [3.63, 3.8) is 0 Å². The van der Waals surface area contributed by atoms with Gasteiger partial charge < -0.3 is 9.64 Å². The van der Waals surface area contributed by atoms with Crippen molar-refractivity contribution in [3.8, 4) is 5.75 Å². The number of ether oxygens (including phenoxy) is 1. The minimum atomic E-state index is 0.663. The Hall–Kier alpha value is -2.25. The first-order valence-electron chi connectivity index (χ1n) is 8.44. The molecule has 2 heterocycles. The van der Waals surface area contributed by atoms with Crippen molar-refractivity contribution in [1.82, 2.24) is 19.2 Å². The Morgan fingerprint density at radius 1 is 1.20 bits per heavy atom. The summed E-state index contributed by atoms with van der Waals surface area (Å²) >= 11 is 5.58. The molecule has 0 radical (unpaired) electrons. The number of aryl methyl sites for hydroxylation is 2. The normalized spacial score (nSPS) is 12.5. The van der Waals surface area contributed by atoms with E-state index in [1.807, 2.05) is 48.1 Å². The first-order chi connectivity index (χ1) is 12.0. The lowest BCUT2D eigenvalue weighted by Crippen LogP contribution is -3.07. The summed E-state index contributed by atoms with van der Waals surface area (Å²) in [6.07, 6.45) is 0. The average Bonchev–Trinajstić information content (AvgIpc) is 2.85. The highest BCUT2D eigenvalue weighted by molar-refractivity contribution is 7.71. The first-order valence-corrected chi connectivity index (χ1v) is 8.85. The Kier molecular flexibility index (Phi) is 5.15. The van der Waals surface area contributed by atoms with Crippen molar-refractivity contribution in [2.24, 2.45) is 0 Å². The van der Waals surface area contributed by atoms with Crippen LogP contribution in [0.25, 0.3) is 5.78 Å². The molecule has 1 unspecified atom stereocenters.